The van der Waals surface area contributed by atoms with E-state index in [1.807, 2.05) is 31.5 Å². The average molecular weight is 251 g/mol. The van der Waals surface area contributed by atoms with Crippen molar-refractivity contribution >= 4 is 0 Å². The minimum atomic E-state index is -0.658. The second-order valence-electron chi connectivity index (χ2n) is 4.61. The molecule has 1 aromatic heterocycles. The second kappa shape index (κ2) is 6.01. The van der Waals surface area contributed by atoms with Crippen molar-refractivity contribution < 1.29 is 10.2 Å². The van der Waals surface area contributed by atoms with Crippen molar-refractivity contribution in [1.82, 2.24) is 9.88 Å². The van der Waals surface area contributed by atoms with Crippen molar-refractivity contribution in [2.75, 3.05) is 13.2 Å². The zero-order chi connectivity index (χ0) is 13.8. The molecule has 0 saturated heterocycles. The van der Waals surface area contributed by atoms with Gasteiger partial charge in [-0.05, 0) is 25.0 Å². The third-order valence-electron chi connectivity index (χ3n) is 3.69. The maximum atomic E-state index is 9.35. The molecule has 0 unspecified atom stereocenters. The molecule has 0 amide bonds. The summed E-state index contributed by atoms with van der Waals surface area (Å²) in [6.45, 7) is 4.16. The average Bonchev–Trinajstić information content (AvgIpc) is 2.68. The summed E-state index contributed by atoms with van der Waals surface area (Å²) in [4.78, 5) is 0. The van der Waals surface area contributed by atoms with Gasteiger partial charge in [-0.25, -0.2) is 0 Å². The molecule has 3 N–H and O–H groups in total. The minimum absolute atomic E-state index is 0.114. The van der Waals surface area contributed by atoms with Gasteiger partial charge in [-0.3, -0.25) is 0 Å². The summed E-state index contributed by atoms with van der Waals surface area (Å²) in [5, 5.41) is 30.8. The monoisotopic (exact) mass is 251 g/mol. The molecule has 0 spiro atoms. The molecule has 18 heavy (non-hydrogen) atoms. The molecular weight excluding hydrogens is 230 g/mol. The first-order chi connectivity index (χ1) is 8.53. The van der Waals surface area contributed by atoms with Crippen LogP contribution >= 0.6 is 0 Å². The quantitative estimate of drug-likeness (QED) is 0.685. The number of rotatable bonds is 6. The molecule has 0 aliphatic carbocycles. The smallest absolute Gasteiger partial charge is 0.120 e. The van der Waals surface area contributed by atoms with E-state index in [1.165, 1.54) is 0 Å². The van der Waals surface area contributed by atoms with Crippen LogP contribution in [-0.2, 0) is 13.6 Å². The fraction of sp³-hybridized carbons (Fsp3) is 0.615. The molecule has 0 aliphatic heterocycles. The SMILES string of the molecule is CCC(CO)(CO)NCc1cc(C#N)n(C)c1C. The predicted octanol–water partition coefficient (Wildman–Crippen LogP) is 0.428. The summed E-state index contributed by atoms with van der Waals surface area (Å²) in [5.41, 5.74) is 1.97. The Morgan fingerprint density at radius 2 is 2.06 bits per heavy atom. The van der Waals surface area contributed by atoms with Gasteiger partial charge in [0.15, 0.2) is 0 Å². The number of aliphatic hydroxyl groups excluding tert-OH is 2. The molecule has 1 aromatic rings. The number of aliphatic hydroxyl groups is 2. The molecule has 5 nitrogen and oxygen atoms in total. The predicted molar refractivity (Wildman–Crippen MR) is 68.9 cm³/mol. The van der Waals surface area contributed by atoms with Crippen LogP contribution in [-0.4, -0.2) is 33.5 Å². The van der Waals surface area contributed by atoms with E-state index in [-0.39, 0.29) is 13.2 Å². The molecule has 0 radical (unpaired) electrons. The van der Waals surface area contributed by atoms with Crippen LogP contribution in [0.1, 0.15) is 30.3 Å². The van der Waals surface area contributed by atoms with Crippen LogP contribution in [0.15, 0.2) is 6.07 Å². The van der Waals surface area contributed by atoms with Gasteiger partial charge in [-0.1, -0.05) is 6.92 Å². The number of nitrogens with one attached hydrogen (secondary N) is 1. The molecular formula is C13H21N3O2. The Morgan fingerprint density at radius 3 is 2.44 bits per heavy atom. The van der Waals surface area contributed by atoms with E-state index < -0.39 is 5.54 Å². The van der Waals surface area contributed by atoms with Gasteiger partial charge in [0.2, 0.25) is 0 Å². The van der Waals surface area contributed by atoms with E-state index in [4.69, 9.17) is 5.26 Å². The number of nitriles is 1. The lowest BCUT2D eigenvalue weighted by Crippen LogP contribution is -2.50. The van der Waals surface area contributed by atoms with E-state index in [2.05, 4.69) is 11.4 Å². The van der Waals surface area contributed by atoms with Crippen molar-refractivity contribution in [2.45, 2.75) is 32.4 Å². The lowest BCUT2D eigenvalue weighted by molar-refractivity contribution is 0.0863. The molecule has 0 bridgehead atoms. The van der Waals surface area contributed by atoms with Gasteiger partial charge in [0.05, 0.1) is 18.8 Å². The highest BCUT2D eigenvalue weighted by molar-refractivity contribution is 5.34. The van der Waals surface area contributed by atoms with Crippen molar-refractivity contribution in [3.63, 3.8) is 0 Å². The summed E-state index contributed by atoms with van der Waals surface area (Å²) in [5.74, 6) is 0. The van der Waals surface area contributed by atoms with E-state index in [0.29, 0.717) is 18.7 Å². The lowest BCUT2D eigenvalue weighted by Gasteiger charge is -2.29. The maximum Gasteiger partial charge on any atom is 0.120 e. The van der Waals surface area contributed by atoms with E-state index in [0.717, 1.165) is 11.3 Å². The molecule has 0 fully saturated rings. The summed E-state index contributed by atoms with van der Waals surface area (Å²) >= 11 is 0. The Morgan fingerprint density at radius 1 is 1.44 bits per heavy atom. The minimum Gasteiger partial charge on any atom is -0.394 e. The van der Waals surface area contributed by atoms with Gasteiger partial charge in [-0.2, -0.15) is 5.26 Å². The molecule has 1 rings (SSSR count). The summed E-state index contributed by atoms with van der Waals surface area (Å²) in [6.07, 6.45) is 0.636. The van der Waals surface area contributed by atoms with Crippen molar-refractivity contribution in [3.05, 3.63) is 23.0 Å². The van der Waals surface area contributed by atoms with Crippen LogP contribution in [0.25, 0.3) is 0 Å². The molecule has 5 heteroatoms. The highest BCUT2D eigenvalue weighted by atomic mass is 16.3. The van der Waals surface area contributed by atoms with E-state index in [9.17, 15) is 10.2 Å². The molecule has 0 saturated carbocycles. The summed E-state index contributed by atoms with van der Waals surface area (Å²) < 4.78 is 1.84. The lowest BCUT2D eigenvalue weighted by atomic mass is 9.98. The molecule has 1 heterocycles. The van der Waals surface area contributed by atoms with Crippen LogP contribution in [0.3, 0.4) is 0 Å². The Bertz CT molecular complexity index is 434. The zero-order valence-corrected chi connectivity index (χ0v) is 11.2. The van der Waals surface area contributed by atoms with Gasteiger partial charge in [0, 0.05) is 19.3 Å². The standard InChI is InChI=1S/C13H21N3O2/c1-4-13(8-17,9-18)15-7-11-5-12(6-14)16(3)10(11)2/h5,15,17-18H,4,7-9H2,1-3H3. The van der Waals surface area contributed by atoms with Crippen LogP contribution in [0.2, 0.25) is 0 Å². The largest absolute Gasteiger partial charge is 0.394 e. The summed E-state index contributed by atoms with van der Waals surface area (Å²) in [6, 6.07) is 3.96. The number of hydrogen-bond donors (Lipinski definition) is 3. The molecule has 0 atom stereocenters. The Hall–Kier alpha value is -1.35. The van der Waals surface area contributed by atoms with Crippen molar-refractivity contribution in [2.24, 2.45) is 7.05 Å². The van der Waals surface area contributed by atoms with Crippen molar-refractivity contribution in [1.29, 1.82) is 5.26 Å². The highest BCUT2D eigenvalue weighted by Crippen LogP contribution is 2.16. The van der Waals surface area contributed by atoms with Gasteiger partial charge < -0.3 is 20.1 Å². The second-order valence-corrected chi connectivity index (χ2v) is 4.61. The van der Waals surface area contributed by atoms with E-state index in [1.54, 1.807) is 0 Å². The first-order valence-corrected chi connectivity index (χ1v) is 6.05. The topological polar surface area (TPSA) is 81.2 Å². The van der Waals surface area contributed by atoms with Gasteiger partial charge in [-0.15, -0.1) is 0 Å². The van der Waals surface area contributed by atoms with Crippen LogP contribution in [0, 0.1) is 18.3 Å². The first-order valence-electron chi connectivity index (χ1n) is 6.05. The first kappa shape index (κ1) is 14.7. The van der Waals surface area contributed by atoms with Crippen molar-refractivity contribution in [3.8, 4) is 6.07 Å². The fourth-order valence-corrected chi connectivity index (χ4v) is 1.84. The number of hydrogen-bond acceptors (Lipinski definition) is 4. The van der Waals surface area contributed by atoms with E-state index >= 15 is 0 Å². The maximum absolute atomic E-state index is 9.35. The summed E-state index contributed by atoms with van der Waals surface area (Å²) in [7, 11) is 1.85. The van der Waals surface area contributed by atoms with Gasteiger partial charge in [0.25, 0.3) is 0 Å². The molecule has 100 valence electrons. The molecule has 0 aliphatic rings. The highest BCUT2D eigenvalue weighted by Gasteiger charge is 2.26. The van der Waals surface area contributed by atoms with Crippen LogP contribution < -0.4 is 5.32 Å². The molecule has 0 aromatic carbocycles. The zero-order valence-electron chi connectivity index (χ0n) is 11.2. The third kappa shape index (κ3) is 2.72. The third-order valence-corrected chi connectivity index (χ3v) is 3.69. The van der Waals surface area contributed by atoms with Crippen LogP contribution in [0.5, 0.6) is 0 Å². The normalized spacial score (nSPS) is 11.6. The van der Waals surface area contributed by atoms with Gasteiger partial charge in [0.1, 0.15) is 11.8 Å². The fourth-order valence-electron chi connectivity index (χ4n) is 1.84. The number of nitrogens with zero attached hydrogens (tertiary/aromatic N) is 2. The number of aromatic nitrogens is 1. The Kier molecular flexibility index (Phi) is 4.91. The van der Waals surface area contributed by atoms with Gasteiger partial charge >= 0.3 is 0 Å². The Labute approximate surface area is 108 Å². The Balaban J connectivity index is 2.84. The van der Waals surface area contributed by atoms with Crippen LogP contribution in [0.4, 0.5) is 0 Å².